The monoisotopic (exact) mass is 1240 g/mol. The van der Waals surface area contributed by atoms with Crippen LogP contribution in [0, 0.1) is 6.92 Å². The van der Waals surface area contributed by atoms with Gasteiger partial charge in [-0.3, -0.25) is 4.79 Å². The number of rotatable bonds is 55. The zero-order chi connectivity index (χ0) is 62.4. The minimum atomic E-state index is -0.587. The van der Waals surface area contributed by atoms with Gasteiger partial charge in [-0.25, -0.2) is 14.4 Å². The van der Waals surface area contributed by atoms with Crippen LogP contribution in [0.4, 0.5) is 0 Å². The van der Waals surface area contributed by atoms with Gasteiger partial charge in [0.2, 0.25) is 0 Å². The van der Waals surface area contributed by atoms with E-state index in [1.165, 1.54) is 36.8 Å². The Morgan fingerprint density at radius 2 is 0.558 bits per heavy atom. The van der Waals surface area contributed by atoms with Crippen molar-refractivity contribution in [2.75, 3.05) is 239 Å². The lowest BCUT2D eigenvalue weighted by Crippen LogP contribution is -2.15. The predicted octanol–water partition coefficient (Wildman–Crippen LogP) is 1.92. The molecule has 0 aliphatic heterocycles. The minimum absolute atomic E-state index is 0.0128. The Balaban J connectivity index is 0.000000696. The second kappa shape index (κ2) is 60.3. The molecule has 3 aromatic rings. The van der Waals surface area contributed by atoms with Crippen LogP contribution in [0.15, 0.2) is 60.7 Å². The molecule has 0 radical (unpaired) electrons. The molecule has 3 rings (SSSR count). The first-order valence-electron chi connectivity index (χ1n) is 28.1. The van der Waals surface area contributed by atoms with Gasteiger partial charge >= 0.3 is 23.9 Å². The van der Waals surface area contributed by atoms with Crippen molar-refractivity contribution < 1.29 is 134 Å². The lowest BCUT2D eigenvalue weighted by molar-refractivity contribution is -0.142. The third-order valence-corrected chi connectivity index (χ3v) is 10.2. The summed E-state index contributed by atoms with van der Waals surface area (Å²) < 4.78 is 103. The van der Waals surface area contributed by atoms with Crippen LogP contribution in [0.5, 0.6) is 0 Å². The molecule has 28 nitrogen and oxygen atoms in total. The standard InChI is InChI=1S/C26H42O14.C21H28O7.C11H22O7/c27-5-6-31-7-8-32-10-12-35-16-18-38-22-40-26(30)24-3-1-23(2-4-24)25(29)39-20-19-36-14-13-33-9-11-34-15-17-37-21-28;1-17-2-3-19-15-20(5-4-18(19)14-17)21(23)28-16-27-13-12-26-11-10-25-9-8-24-7-6-22;1-11(13)18-9-8-16-5-4-14-2-3-15-6-7-17-10-12/h1-4,27-28H,5-22H2;2-5,14-15,22H,6-13,16H2,1H3;12H,2-10H2,1H3. The molecule has 0 aromatic heterocycles. The third-order valence-electron chi connectivity index (χ3n) is 10.2. The number of aliphatic hydroxyl groups excluding tert-OH is 4. The Bertz CT molecular complexity index is 1990. The molecule has 0 saturated heterocycles. The van der Waals surface area contributed by atoms with Crippen molar-refractivity contribution in [1.82, 2.24) is 0 Å². The largest absolute Gasteiger partial charge is 0.463 e. The number of fused-ring (bicyclic) bond motifs is 1. The van der Waals surface area contributed by atoms with Crippen LogP contribution >= 0.6 is 0 Å². The Morgan fingerprint density at radius 3 is 0.907 bits per heavy atom. The summed E-state index contributed by atoms with van der Waals surface area (Å²) in [6, 6.07) is 17.4. The number of esters is 4. The van der Waals surface area contributed by atoms with E-state index in [-0.39, 0.29) is 78.3 Å². The fourth-order valence-corrected chi connectivity index (χ4v) is 6.13. The van der Waals surface area contributed by atoms with Gasteiger partial charge in [0.15, 0.2) is 13.6 Å². The molecule has 0 bridgehead atoms. The van der Waals surface area contributed by atoms with Crippen LogP contribution in [-0.2, 0) is 99.5 Å². The molecule has 0 spiro atoms. The summed E-state index contributed by atoms with van der Waals surface area (Å²) in [5.41, 5.74) is 2.23. The highest BCUT2D eigenvalue weighted by Crippen LogP contribution is 2.18. The predicted molar refractivity (Wildman–Crippen MR) is 305 cm³/mol. The van der Waals surface area contributed by atoms with E-state index < -0.39 is 17.9 Å². The maximum atomic E-state index is 12.1. The Morgan fingerprint density at radius 1 is 0.291 bits per heavy atom. The number of carbonyl (C=O) groups excluding carboxylic acids is 4. The van der Waals surface area contributed by atoms with Crippen molar-refractivity contribution in [3.05, 3.63) is 82.9 Å². The highest BCUT2D eigenvalue weighted by molar-refractivity contribution is 5.95. The molecular weight excluding hydrogens is 1140 g/mol. The van der Waals surface area contributed by atoms with Crippen molar-refractivity contribution in [3.63, 3.8) is 0 Å². The number of hydrogen-bond donors (Lipinski definition) is 4. The maximum Gasteiger partial charge on any atom is 0.340 e. The van der Waals surface area contributed by atoms with Gasteiger partial charge < -0.3 is 115 Å². The topological polar surface area (TPSA) is 334 Å². The third kappa shape index (κ3) is 49.0. The van der Waals surface area contributed by atoms with Gasteiger partial charge in [-0.1, -0.05) is 29.8 Å². The molecule has 0 unspecified atom stereocenters. The van der Waals surface area contributed by atoms with E-state index in [1.54, 1.807) is 6.07 Å². The zero-order valence-electron chi connectivity index (χ0n) is 49.8. The highest BCUT2D eigenvalue weighted by Gasteiger charge is 2.12. The smallest absolute Gasteiger partial charge is 0.340 e. The molecule has 0 fully saturated rings. The Kier molecular flexibility index (Phi) is 55.4. The van der Waals surface area contributed by atoms with Crippen LogP contribution in [0.2, 0.25) is 0 Å². The minimum Gasteiger partial charge on any atom is -0.463 e. The van der Waals surface area contributed by atoms with E-state index in [0.29, 0.717) is 183 Å². The van der Waals surface area contributed by atoms with Gasteiger partial charge in [0.25, 0.3) is 0 Å². The van der Waals surface area contributed by atoms with Crippen LogP contribution in [0.3, 0.4) is 0 Å². The number of aryl methyl sites for hydroxylation is 1. The zero-order valence-corrected chi connectivity index (χ0v) is 49.8. The average molecular weight is 1240 g/mol. The molecule has 86 heavy (non-hydrogen) atoms. The quantitative estimate of drug-likeness (QED) is 0.0271. The molecule has 0 aliphatic carbocycles. The summed E-state index contributed by atoms with van der Waals surface area (Å²) >= 11 is 0. The number of carbonyl (C=O) groups is 4. The highest BCUT2D eigenvalue weighted by atomic mass is 16.7. The van der Waals surface area contributed by atoms with Gasteiger partial charge in [-0.2, -0.15) is 0 Å². The number of ether oxygens (including phenoxy) is 20. The molecule has 0 saturated carbocycles. The van der Waals surface area contributed by atoms with E-state index in [1.807, 2.05) is 31.2 Å². The first-order valence-corrected chi connectivity index (χ1v) is 28.1. The summed E-state index contributed by atoms with van der Waals surface area (Å²) in [5, 5.41) is 36.0. The van der Waals surface area contributed by atoms with Gasteiger partial charge in [-0.15, -0.1) is 0 Å². The van der Waals surface area contributed by atoms with E-state index in [2.05, 4.69) is 15.5 Å². The Hall–Kier alpha value is -5.00. The first kappa shape index (κ1) is 79.0. The molecule has 492 valence electrons. The van der Waals surface area contributed by atoms with Gasteiger partial charge in [0.1, 0.15) is 26.8 Å². The normalized spacial score (nSPS) is 11.0. The van der Waals surface area contributed by atoms with Crippen molar-refractivity contribution in [3.8, 4) is 0 Å². The van der Waals surface area contributed by atoms with E-state index in [4.69, 9.17) is 106 Å². The SMILES string of the molecule is CC(=O)OCCOCCOCCOCCOCO.Cc1ccc2cc(C(=O)OCOCCOCCOCCOCCO)ccc2c1.O=C(OCCOCCOCCOCCOCO)c1ccc(C(=O)OCOCCOCCOCCOCCO)cc1. The summed E-state index contributed by atoms with van der Waals surface area (Å²) in [6.07, 6.45) is 0. The van der Waals surface area contributed by atoms with Gasteiger partial charge in [0, 0.05) is 6.92 Å². The van der Waals surface area contributed by atoms with Crippen molar-refractivity contribution in [2.45, 2.75) is 13.8 Å². The molecule has 0 heterocycles. The van der Waals surface area contributed by atoms with Crippen molar-refractivity contribution in [2.24, 2.45) is 0 Å². The van der Waals surface area contributed by atoms with Gasteiger partial charge in [0.05, 0.1) is 215 Å². The average Bonchev–Trinajstić information content (AvgIpc) is 3.12. The molecule has 0 amide bonds. The molecule has 0 atom stereocenters. The molecular formula is C58H92O28. The van der Waals surface area contributed by atoms with Gasteiger partial charge in [-0.05, 0) is 54.1 Å². The molecule has 28 heteroatoms. The first-order chi connectivity index (χ1) is 42.2. The Labute approximate surface area is 503 Å². The molecule has 4 N–H and O–H groups in total. The van der Waals surface area contributed by atoms with Crippen molar-refractivity contribution >= 4 is 34.6 Å². The van der Waals surface area contributed by atoms with Crippen LogP contribution in [-0.4, -0.2) is 283 Å². The maximum absolute atomic E-state index is 12.1. The number of benzene rings is 3. The fourth-order valence-electron chi connectivity index (χ4n) is 6.13. The van der Waals surface area contributed by atoms with Crippen molar-refractivity contribution in [1.29, 1.82) is 0 Å². The lowest BCUT2D eigenvalue weighted by atomic mass is 10.0. The van der Waals surface area contributed by atoms with Crippen LogP contribution < -0.4 is 0 Å². The van der Waals surface area contributed by atoms with Crippen LogP contribution in [0.25, 0.3) is 10.8 Å². The van der Waals surface area contributed by atoms with Crippen LogP contribution in [0.1, 0.15) is 43.6 Å². The summed E-state index contributed by atoms with van der Waals surface area (Å²) in [7, 11) is 0. The fraction of sp³-hybridized carbons (Fsp3) is 0.655. The lowest BCUT2D eigenvalue weighted by Gasteiger charge is -2.09. The summed E-state index contributed by atoms with van der Waals surface area (Å²) in [5.74, 6) is -1.85. The molecule has 3 aromatic carbocycles. The molecule has 0 aliphatic rings. The van der Waals surface area contributed by atoms with E-state index >= 15 is 0 Å². The van der Waals surface area contributed by atoms with E-state index in [0.717, 1.165) is 10.8 Å². The second-order valence-electron chi connectivity index (χ2n) is 16.9. The summed E-state index contributed by atoms with van der Waals surface area (Å²) in [4.78, 5) is 46.7. The van der Waals surface area contributed by atoms with E-state index in [9.17, 15) is 19.2 Å². The number of hydrogen-bond acceptors (Lipinski definition) is 28. The number of aliphatic hydroxyl groups is 4. The summed E-state index contributed by atoms with van der Waals surface area (Å²) in [6.45, 7) is 13.6. The second-order valence-corrected chi connectivity index (χ2v) is 16.9.